The van der Waals surface area contributed by atoms with Gasteiger partial charge in [-0.2, -0.15) is 10.2 Å². The van der Waals surface area contributed by atoms with Crippen LogP contribution in [0.25, 0.3) is 0 Å². The van der Waals surface area contributed by atoms with Crippen molar-refractivity contribution in [3.63, 3.8) is 0 Å². The molecule has 0 radical (unpaired) electrons. The van der Waals surface area contributed by atoms with Gasteiger partial charge in [-0.05, 0) is 6.07 Å². The molecule has 2 rings (SSSR count). The van der Waals surface area contributed by atoms with Crippen LogP contribution in [0.5, 0.6) is 0 Å². The Labute approximate surface area is 132 Å². The van der Waals surface area contributed by atoms with Crippen LogP contribution in [0.2, 0.25) is 0 Å². The monoisotopic (exact) mass is 365 g/mol. The predicted molar refractivity (Wildman–Crippen MR) is 83.7 cm³/mol. The van der Waals surface area contributed by atoms with Crippen molar-refractivity contribution in [2.75, 3.05) is 0 Å². The maximum atomic E-state index is 11.6. The van der Waals surface area contributed by atoms with E-state index in [9.17, 15) is 14.4 Å². The third-order valence-electron chi connectivity index (χ3n) is 2.67. The van der Waals surface area contributed by atoms with Crippen molar-refractivity contribution in [1.82, 2.24) is 20.6 Å². The largest absolute Gasteiger partial charge is 0.342 e. The number of hydrogen-bond acceptors (Lipinski definition) is 5. The lowest BCUT2D eigenvalue weighted by atomic mass is 10.2. The summed E-state index contributed by atoms with van der Waals surface area (Å²) < 4.78 is 0.858. The van der Waals surface area contributed by atoms with E-state index in [1.807, 2.05) is 29.2 Å². The molecule has 8 nitrogen and oxygen atoms in total. The number of halogens is 1. The standard InChI is InChI=1S/C13H12BrN5O3/c14-9-4-2-1-3-8(9)7-15-18-11(20)6-5-10-12(21)16-13(22)19-17-10/h1-4,7H,5-6H2,(H,18,20)(H2,16,19,21,22)/b15-7-. The third kappa shape index (κ3) is 4.48. The average molecular weight is 366 g/mol. The number of nitrogens with one attached hydrogen (secondary N) is 3. The van der Waals surface area contributed by atoms with Gasteiger partial charge in [0.1, 0.15) is 5.69 Å². The minimum atomic E-state index is -0.684. The molecular formula is C13H12BrN5O3. The number of aromatic amines is 2. The van der Waals surface area contributed by atoms with Gasteiger partial charge in [-0.3, -0.25) is 14.6 Å². The topological polar surface area (TPSA) is 120 Å². The number of H-pyrrole nitrogens is 2. The first-order valence-electron chi connectivity index (χ1n) is 6.30. The van der Waals surface area contributed by atoms with Crippen molar-refractivity contribution in [3.8, 4) is 0 Å². The van der Waals surface area contributed by atoms with Gasteiger partial charge in [0, 0.05) is 22.9 Å². The van der Waals surface area contributed by atoms with Gasteiger partial charge in [0.15, 0.2) is 0 Å². The lowest BCUT2D eigenvalue weighted by molar-refractivity contribution is -0.121. The number of amides is 1. The molecule has 114 valence electrons. The van der Waals surface area contributed by atoms with Gasteiger partial charge in [-0.25, -0.2) is 15.3 Å². The molecule has 3 N–H and O–H groups in total. The zero-order valence-electron chi connectivity index (χ0n) is 11.3. The fourth-order valence-electron chi connectivity index (χ4n) is 1.58. The van der Waals surface area contributed by atoms with Crippen molar-refractivity contribution in [2.45, 2.75) is 12.8 Å². The Hall–Kier alpha value is -2.55. The molecule has 22 heavy (non-hydrogen) atoms. The Kier molecular flexibility index (Phi) is 5.37. The molecule has 0 aliphatic carbocycles. The summed E-state index contributed by atoms with van der Waals surface area (Å²) in [5, 5.41) is 9.52. The van der Waals surface area contributed by atoms with Crippen molar-refractivity contribution in [1.29, 1.82) is 0 Å². The molecule has 9 heteroatoms. The minimum Gasteiger partial charge on any atom is -0.273 e. The van der Waals surface area contributed by atoms with Gasteiger partial charge in [0.25, 0.3) is 5.56 Å². The summed E-state index contributed by atoms with van der Waals surface area (Å²) in [6.07, 6.45) is 1.63. The van der Waals surface area contributed by atoms with E-state index in [-0.39, 0.29) is 24.4 Å². The lowest BCUT2D eigenvalue weighted by Crippen LogP contribution is -2.28. The zero-order valence-corrected chi connectivity index (χ0v) is 12.9. The van der Waals surface area contributed by atoms with Crippen molar-refractivity contribution in [3.05, 3.63) is 60.8 Å². The Balaban J connectivity index is 1.87. The van der Waals surface area contributed by atoms with Crippen LogP contribution in [0.3, 0.4) is 0 Å². The second-order valence-electron chi connectivity index (χ2n) is 4.27. The molecule has 0 aliphatic rings. The summed E-state index contributed by atoms with van der Waals surface area (Å²) >= 11 is 3.36. The second-order valence-corrected chi connectivity index (χ2v) is 5.12. The second kappa shape index (κ2) is 7.46. The highest BCUT2D eigenvalue weighted by molar-refractivity contribution is 9.10. The highest BCUT2D eigenvalue weighted by Gasteiger charge is 2.06. The Morgan fingerprint density at radius 3 is 2.86 bits per heavy atom. The van der Waals surface area contributed by atoms with E-state index in [1.165, 1.54) is 6.21 Å². The Morgan fingerprint density at radius 1 is 1.36 bits per heavy atom. The van der Waals surface area contributed by atoms with E-state index in [1.54, 1.807) is 0 Å². The summed E-state index contributed by atoms with van der Waals surface area (Å²) in [7, 11) is 0. The molecule has 2 aromatic rings. The first kappa shape index (κ1) is 15.8. The van der Waals surface area contributed by atoms with E-state index in [4.69, 9.17) is 0 Å². The van der Waals surface area contributed by atoms with Crippen molar-refractivity contribution >= 4 is 28.1 Å². The summed E-state index contributed by atoms with van der Waals surface area (Å²) in [5.41, 5.74) is 1.98. The van der Waals surface area contributed by atoms with Crippen LogP contribution in [0.4, 0.5) is 0 Å². The zero-order chi connectivity index (χ0) is 15.9. The molecule has 1 amide bonds. The lowest BCUT2D eigenvalue weighted by Gasteiger charge is -2.00. The van der Waals surface area contributed by atoms with Gasteiger partial charge in [-0.15, -0.1) is 0 Å². The molecule has 1 aromatic carbocycles. The minimum absolute atomic E-state index is 0.0232. The van der Waals surface area contributed by atoms with Crippen molar-refractivity contribution < 1.29 is 4.79 Å². The van der Waals surface area contributed by atoms with E-state index in [0.29, 0.717) is 0 Å². The van der Waals surface area contributed by atoms with E-state index in [2.05, 4.69) is 36.7 Å². The van der Waals surface area contributed by atoms with Crippen LogP contribution < -0.4 is 16.7 Å². The van der Waals surface area contributed by atoms with Gasteiger partial charge < -0.3 is 0 Å². The van der Waals surface area contributed by atoms with E-state index < -0.39 is 11.2 Å². The van der Waals surface area contributed by atoms with Crippen LogP contribution in [0.15, 0.2) is 43.4 Å². The van der Waals surface area contributed by atoms with Gasteiger partial charge in [0.2, 0.25) is 5.91 Å². The Morgan fingerprint density at radius 2 is 2.14 bits per heavy atom. The number of carbonyl (C=O) groups excluding carboxylic acids is 1. The molecule has 0 unspecified atom stereocenters. The van der Waals surface area contributed by atoms with Gasteiger partial charge in [0.05, 0.1) is 6.21 Å². The third-order valence-corrected chi connectivity index (χ3v) is 3.39. The molecule has 0 saturated heterocycles. The molecule has 1 heterocycles. The predicted octanol–water partition coefficient (Wildman–Crippen LogP) is 0.304. The Bertz CT molecular complexity index is 812. The SMILES string of the molecule is O=C(CCc1n[nH]c(=O)[nH]c1=O)N/N=C\c1ccccc1Br. The molecule has 1 aromatic heterocycles. The number of hydrazone groups is 1. The molecule has 0 atom stereocenters. The van der Waals surface area contributed by atoms with Crippen LogP contribution >= 0.6 is 15.9 Å². The normalized spacial score (nSPS) is 10.8. The molecular weight excluding hydrogens is 354 g/mol. The van der Waals surface area contributed by atoms with Gasteiger partial charge >= 0.3 is 5.69 Å². The number of carbonyl (C=O) groups is 1. The summed E-state index contributed by atoms with van der Waals surface area (Å²) in [6, 6.07) is 7.41. The number of aryl methyl sites for hydroxylation is 1. The maximum absolute atomic E-state index is 11.6. The van der Waals surface area contributed by atoms with E-state index >= 15 is 0 Å². The number of hydrogen-bond donors (Lipinski definition) is 3. The maximum Gasteiger partial charge on any atom is 0.342 e. The summed E-state index contributed by atoms with van der Waals surface area (Å²) in [4.78, 5) is 35.9. The van der Waals surface area contributed by atoms with Crippen LogP contribution in [0, 0.1) is 0 Å². The molecule has 0 bridgehead atoms. The fourth-order valence-corrected chi connectivity index (χ4v) is 1.97. The van der Waals surface area contributed by atoms with Gasteiger partial charge in [-0.1, -0.05) is 34.1 Å². The number of aromatic nitrogens is 3. The first-order valence-corrected chi connectivity index (χ1v) is 7.10. The molecule has 0 aliphatic heterocycles. The number of benzene rings is 1. The highest BCUT2D eigenvalue weighted by atomic mass is 79.9. The molecule has 0 fully saturated rings. The van der Waals surface area contributed by atoms with Crippen LogP contribution in [-0.2, 0) is 11.2 Å². The number of rotatable bonds is 5. The quantitative estimate of drug-likeness (QED) is 0.521. The van der Waals surface area contributed by atoms with Crippen LogP contribution in [-0.4, -0.2) is 27.3 Å². The number of nitrogens with zero attached hydrogens (tertiary/aromatic N) is 2. The highest BCUT2D eigenvalue weighted by Crippen LogP contribution is 2.13. The fraction of sp³-hybridized carbons (Fsp3) is 0.154. The summed E-state index contributed by atoms with van der Waals surface area (Å²) in [6.45, 7) is 0. The first-order chi connectivity index (χ1) is 10.6. The van der Waals surface area contributed by atoms with E-state index in [0.717, 1.165) is 10.0 Å². The smallest absolute Gasteiger partial charge is 0.273 e. The molecule has 0 spiro atoms. The average Bonchev–Trinajstić information content (AvgIpc) is 2.48. The van der Waals surface area contributed by atoms with Crippen LogP contribution in [0.1, 0.15) is 17.7 Å². The summed E-state index contributed by atoms with van der Waals surface area (Å²) in [5.74, 6) is -0.365. The van der Waals surface area contributed by atoms with Crippen molar-refractivity contribution in [2.24, 2.45) is 5.10 Å². The molecule has 0 saturated carbocycles.